The number of hydrogen-bond donors (Lipinski definition) is 1. The number of rotatable bonds is 5. The van der Waals surface area contributed by atoms with E-state index in [4.69, 9.17) is 0 Å². The summed E-state index contributed by atoms with van der Waals surface area (Å²) in [4.78, 5) is 10.7. The number of nitrogens with one attached hydrogen (secondary N) is 1. The molecule has 0 spiro atoms. The Hall–Kier alpha value is -3.80. The molecule has 1 aliphatic heterocycles. The van der Waals surface area contributed by atoms with Crippen molar-refractivity contribution in [2.24, 2.45) is 10.2 Å². The number of anilines is 2. The lowest BCUT2D eigenvalue weighted by Crippen LogP contribution is -2.17. The molecule has 140 valence electrons. The highest BCUT2D eigenvalue weighted by molar-refractivity contribution is 5.71. The van der Waals surface area contributed by atoms with E-state index in [1.54, 1.807) is 18.5 Å². The molecule has 1 saturated heterocycles. The van der Waals surface area contributed by atoms with Crippen LogP contribution in [0.1, 0.15) is 18.4 Å². The van der Waals surface area contributed by atoms with Gasteiger partial charge in [0.2, 0.25) is 0 Å². The molecule has 0 saturated carbocycles. The standard InChI is InChI=1S/C19H19N9/c1-21-17-11-15(27-9-2-3-10-27)5-6-16(17)25-26-18-14(12-20)13-24-28(18)19-22-7-4-8-23-19/h4-8,11,13,21H,2-3,9-10H2,1H3/b26-25+. The largest absolute Gasteiger partial charge is 0.386 e. The van der Waals surface area contributed by atoms with E-state index < -0.39 is 0 Å². The molecule has 9 heteroatoms. The lowest BCUT2D eigenvalue weighted by Gasteiger charge is -2.19. The van der Waals surface area contributed by atoms with Gasteiger partial charge in [-0.15, -0.1) is 10.2 Å². The van der Waals surface area contributed by atoms with Gasteiger partial charge in [0.1, 0.15) is 17.3 Å². The molecule has 0 amide bonds. The van der Waals surface area contributed by atoms with Gasteiger partial charge in [-0.05, 0) is 37.1 Å². The molecule has 1 N–H and O–H groups in total. The van der Waals surface area contributed by atoms with Gasteiger partial charge in [-0.3, -0.25) is 0 Å². The molecule has 9 nitrogen and oxygen atoms in total. The topological polar surface area (TPSA) is 107 Å². The summed E-state index contributed by atoms with van der Waals surface area (Å²) >= 11 is 0. The van der Waals surface area contributed by atoms with Crippen LogP contribution in [0.25, 0.3) is 5.95 Å². The molecular weight excluding hydrogens is 354 g/mol. The lowest BCUT2D eigenvalue weighted by atomic mass is 10.2. The number of azo groups is 1. The third-order valence-electron chi connectivity index (χ3n) is 4.58. The van der Waals surface area contributed by atoms with Crippen LogP contribution in [-0.4, -0.2) is 39.9 Å². The third kappa shape index (κ3) is 3.40. The van der Waals surface area contributed by atoms with Crippen LogP contribution in [0.3, 0.4) is 0 Å². The van der Waals surface area contributed by atoms with Gasteiger partial charge >= 0.3 is 0 Å². The Morgan fingerprint density at radius 3 is 2.64 bits per heavy atom. The van der Waals surface area contributed by atoms with E-state index in [2.05, 4.69) is 47.6 Å². The first-order chi connectivity index (χ1) is 13.8. The quantitative estimate of drug-likeness (QED) is 0.685. The van der Waals surface area contributed by atoms with Crippen molar-refractivity contribution in [3.8, 4) is 12.0 Å². The minimum Gasteiger partial charge on any atom is -0.386 e. The van der Waals surface area contributed by atoms with E-state index in [1.165, 1.54) is 29.4 Å². The molecular formula is C19H19N9. The predicted octanol–water partition coefficient (Wildman–Crippen LogP) is 3.59. The smallest absolute Gasteiger partial charge is 0.252 e. The van der Waals surface area contributed by atoms with Gasteiger partial charge in [0.05, 0.1) is 11.9 Å². The molecule has 1 fully saturated rings. The summed E-state index contributed by atoms with van der Waals surface area (Å²) < 4.78 is 1.40. The third-order valence-corrected chi connectivity index (χ3v) is 4.58. The SMILES string of the molecule is CNc1cc(N2CCCC2)ccc1/N=N/c1c(C#N)cnn1-c1ncccn1. The number of aromatic nitrogens is 4. The average Bonchev–Trinajstić information content (AvgIpc) is 3.42. The van der Waals surface area contributed by atoms with E-state index in [1.807, 2.05) is 19.2 Å². The average molecular weight is 373 g/mol. The maximum Gasteiger partial charge on any atom is 0.252 e. The summed E-state index contributed by atoms with van der Waals surface area (Å²) in [5, 5.41) is 25.4. The van der Waals surface area contributed by atoms with Gasteiger partial charge in [0, 0.05) is 38.2 Å². The Morgan fingerprint density at radius 1 is 1.14 bits per heavy atom. The van der Waals surface area contributed by atoms with Crippen LogP contribution in [0.2, 0.25) is 0 Å². The second kappa shape index (κ2) is 7.84. The van der Waals surface area contributed by atoms with Gasteiger partial charge in [0.25, 0.3) is 5.95 Å². The van der Waals surface area contributed by atoms with E-state index >= 15 is 0 Å². The van der Waals surface area contributed by atoms with Crippen LogP contribution in [0.4, 0.5) is 22.9 Å². The number of nitrogens with zero attached hydrogens (tertiary/aromatic N) is 8. The molecule has 0 bridgehead atoms. The van der Waals surface area contributed by atoms with Crippen molar-refractivity contribution < 1.29 is 0 Å². The molecule has 0 radical (unpaired) electrons. The number of benzene rings is 1. The molecule has 1 aromatic carbocycles. The summed E-state index contributed by atoms with van der Waals surface area (Å²) in [7, 11) is 1.85. The Bertz CT molecular complexity index is 1030. The van der Waals surface area contributed by atoms with E-state index in [0.29, 0.717) is 23.0 Å². The fourth-order valence-corrected chi connectivity index (χ4v) is 3.15. The number of hydrogen-bond acceptors (Lipinski definition) is 8. The van der Waals surface area contributed by atoms with Crippen molar-refractivity contribution >= 4 is 22.9 Å². The fourth-order valence-electron chi connectivity index (χ4n) is 3.15. The van der Waals surface area contributed by atoms with Gasteiger partial charge in [-0.1, -0.05) is 0 Å². The second-order valence-electron chi connectivity index (χ2n) is 6.30. The zero-order chi connectivity index (χ0) is 19.3. The van der Waals surface area contributed by atoms with E-state index in [9.17, 15) is 5.26 Å². The Balaban J connectivity index is 1.68. The van der Waals surface area contributed by atoms with Crippen molar-refractivity contribution in [1.29, 1.82) is 5.26 Å². The Labute approximate surface area is 162 Å². The summed E-state index contributed by atoms with van der Waals surface area (Å²) in [5.74, 6) is 0.621. The number of nitriles is 1. The van der Waals surface area contributed by atoms with E-state index in [-0.39, 0.29) is 0 Å². The maximum absolute atomic E-state index is 9.37. The minimum atomic E-state index is 0.291. The molecule has 3 aromatic rings. The second-order valence-corrected chi connectivity index (χ2v) is 6.30. The van der Waals surface area contributed by atoms with Crippen LogP contribution in [0, 0.1) is 11.3 Å². The molecule has 3 heterocycles. The predicted molar refractivity (Wildman–Crippen MR) is 105 cm³/mol. The zero-order valence-electron chi connectivity index (χ0n) is 15.4. The van der Waals surface area contributed by atoms with Crippen LogP contribution in [0.5, 0.6) is 0 Å². The monoisotopic (exact) mass is 373 g/mol. The summed E-state index contributed by atoms with van der Waals surface area (Å²) in [6.07, 6.45) is 7.08. The lowest BCUT2D eigenvalue weighted by molar-refractivity contribution is 0.803. The van der Waals surface area contributed by atoms with Crippen molar-refractivity contribution in [2.45, 2.75) is 12.8 Å². The highest BCUT2D eigenvalue weighted by Gasteiger charge is 2.15. The van der Waals surface area contributed by atoms with Gasteiger partial charge in [0.15, 0.2) is 5.82 Å². The normalized spacial score (nSPS) is 13.8. The minimum absolute atomic E-state index is 0.291. The molecule has 28 heavy (non-hydrogen) atoms. The molecule has 2 aromatic heterocycles. The summed E-state index contributed by atoms with van der Waals surface area (Å²) in [6, 6.07) is 9.83. The molecule has 0 aliphatic carbocycles. The zero-order valence-corrected chi connectivity index (χ0v) is 15.4. The Morgan fingerprint density at radius 2 is 1.93 bits per heavy atom. The fraction of sp³-hybridized carbons (Fsp3) is 0.263. The summed E-state index contributed by atoms with van der Waals surface area (Å²) in [5.41, 5.74) is 3.02. The first kappa shape index (κ1) is 17.6. The Kier molecular flexibility index (Phi) is 4.93. The first-order valence-electron chi connectivity index (χ1n) is 9.04. The van der Waals surface area contributed by atoms with Crippen LogP contribution in [-0.2, 0) is 0 Å². The molecule has 4 rings (SSSR count). The van der Waals surface area contributed by atoms with Crippen molar-refractivity contribution in [1.82, 2.24) is 19.7 Å². The molecule has 0 atom stereocenters. The van der Waals surface area contributed by atoms with Crippen molar-refractivity contribution in [2.75, 3.05) is 30.4 Å². The van der Waals surface area contributed by atoms with Crippen molar-refractivity contribution in [3.63, 3.8) is 0 Å². The molecule has 1 aliphatic rings. The molecule has 0 unspecified atom stereocenters. The highest BCUT2D eigenvalue weighted by Crippen LogP contribution is 2.33. The van der Waals surface area contributed by atoms with Crippen LogP contribution in [0.15, 0.2) is 53.1 Å². The van der Waals surface area contributed by atoms with Crippen LogP contribution < -0.4 is 10.2 Å². The van der Waals surface area contributed by atoms with Crippen molar-refractivity contribution in [3.05, 3.63) is 48.4 Å². The van der Waals surface area contributed by atoms with Gasteiger partial charge in [-0.25, -0.2) is 9.97 Å². The van der Waals surface area contributed by atoms with Gasteiger partial charge in [-0.2, -0.15) is 15.0 Å². The van der Waals surface area contributed by atoms with Crippen LogP contribution >= 0.6 is 0 Å². The highest BCUT2D eigenvalue weighted by atomic mass is 15.4. The maximum atomic E-state index is 9.37. The summed E-state index contributed by atoms with van der Waals surface area (Å²) in [6.45, 7) is 2.15. The van der Waals surface area contributed by atoms with E-state index in [0.717, 1.165) is 18.8 Å². The van der Waals surface area contributed by atoms with Gasteiger partial charge < -0.3 is 10.2 Å². The first-order valence-corrected chi connectivity index (χ1v) is 9.04.